The Labute approximate surface area is 192 Å². The number of methoxy groups -OCH3 is 1. The molecule has 0 aliphatic carbocycles. The molecule has 0 bridgehead atoms. The molecule has 0 saturated carbocycles. The lowest BCUT2D eigenvalue weighted by atomic mass is 10.1. The maximum atomic E-state index is 12.4. The molecule has 2 aromatic carbocycles. The lowest BCUT2D eigenvalue weighted by Crippen LogP contribution is -2.33. The van der Waals surface area contributed by atoms with Gasteiger partial charge < -0.3 is 15.4 Å². The van der Waals surface area contributed by atoms with E-state index in [9.17, 15) is 18.0 Å². The molecule has 0 radical (unpaired) electrons. The molecular weight excluding hydrogens is 451 g/mol. The van der Waals surface area contributed by atoms with Crippen LogP contribution in [0.4, 0.5) is 24.8 Å². The first kappa shape index (κ1) is 22.8. The lowest BCUT2D eigenvalue weighted by Gasteiger charge is -2.11. The van der Waals surface area contributed by atoms with Crippen LogP contribution < -0.4 is 15.4 Å². The highest BCUT2D eigenvalue weighted by Crippen LogP contribution is 2.28. The summed E-state index contributed by atoms with van der Waals surface area (Å²) in [6, 6.07) is 12.1. The van der Waals surface area contributed by atoms with E-state index >= 15 is 0 Å². The van der Waals surface area contributed by atoms with Crippen molar-refractivity contribution in [3.05, 3.63) is 60.4 Å². The number of aryl methyl sites for hydroxylation is 1. The molecular formula is C22H20F3N7O2. The number of amides is 1. The zero-order chi connectivity index (χ0) is 24.3. The number of aromatic amines is 1. The van der Waals surface area contributed by atoms with E-state index in [1.165, 1.54) is 19.2 Å². The summed E-state index contributed by atoms with van der Waals surface area (Å²) in [7, 11) is 3.04. The summed E-state index contributed by atoms with van der Waals surface area (Å²) in [6.45, 7) is -1.43. The van der Waals surface area contributed by atoms with Crippen molar-refractivity contribution in [2.75, 3.05) is 19.0 Å². The molecule has 0 aliphatic rings. The molecule has 34 heavy (non-hydrogen) atoms. The van der Waals surface area contributed by atoms with E-state index < -0.39 is 18.6 Å². The van der Waals surface area contributed by atoms with Crippen molar-refractivity contribution >= 4 is 17.5 Å². The summed E-state index contributed by atoms with van der Waals surface area (Å²) in [5.41, 5.74) is 3.27. The van der Waals surface area contributed by atoms with Gasteiger partial charge in [0.2, 0.25) is 5.95 Å². The largest absolute Gasteiger partial charge is 0.496 e. The second-order valence-electron chi connectivity index (χ2n) is 7.28. The van der Waals surface area contributed by atoms with Crippen molar-refractivity contribution in [3.8, 4) is 28.3 Å². The number of ether oxygens (including phenoxy) is 1. The number of H-pyrrole nitrogens is 1. The van der Waals surface area contributed by atoms with Crippen LogP contribution in [0.25, 0.3) is 22.5 Å². The summed E-state index contributed by atoms with van der Waals surface area (Å²) >= 11 is 0. The van der Waals surface area contributed by atoms with Crippen LogP contribution in [0.15, 0.2) is 54.9 Å². The fourth-order valence-electron chi connectivity index (χ4n) is 3.19. The number of carbonyl (C=O) groups is 1. The molecule has 0 fully saturated rings. The highest BCUT2D eigenvalue weighted by molar-refractivity contribution is 5.97. The van der Waals surface area contributed by atoms with Gasteiger partial charge in [-0.1, -0.05) is 18.2 Å². The van der Waals surface area contributed by atoms with Gasteiger partial charge in [-0.2, -0.15) is 23.3 Å². The minimum atomic E-state index is -4.51. The van der Waals surface area contributed by atoms with Gasteiger partial charge in [-0.15, -0.1) is 5.10 Å². The molecule has 0 atom stereocenters. The van der Waals surface area contributed by atoms with Crippen molar-refractivity contribution in [2.45, 2.75) is 6.18 Å². The van der Waals surface area contributed by atoms with Crippen molar-refractivity contribution in [2.24, 2.45) is 7.05 Å². The van der Waals surface area contributed by atoms with E-state index in [-0.39, 0.29) is 11.3 Å². The SMILES string of the molecule is COc1cc(-c2nc(Nc3ccc(-c4cn[nH]c4)cc3)n(C)n2)ccc1C(=O)NCC(F)(F)F. The number of aromatic nitrogens is 5. The fraction of sp³-hybridized carbons (Fsp3) is 0.182. The molecule has 9 nitrogen and oxygen atoms in total. The summed E-state index contributed by atoms with van der Waals surface area (Å²) in [5.74, 6) is 0.0301. The summed E-state index contributed by atoms with van der Waals surface area (Å²) < 4.78 is 44.0. The molecule has 1 amide bonds. The fourth-order valence-corrected chi connectivity index (χ4v) is 3.19. The Morgan fingerprint density at radius 3 is 2.50 bits per heavy atom. The first-order valence-electron chi connectivity index (χ1n) is 10.0. The van der Waals surface area contributed by atoms with Gasteiger partial charge in [0.05, 0.1) is 18.9 Å². The smallest absolute Gasteiger partial charge is 0.405 e. The monoisotopic (exact) mass is 471 g/mol. The maximum Gasteiger partial charge on any atom is 0.405 e. The number of benzene rings is 2. The predicted octanol–water partition coefficient (Wildman–Crippen LogP) is 3.92. The second-order valence-corrected chi connectivity index (χ2v) is 7.28. The third kappa shape index (κ3) is 5.17. The molecule has 0 saturated heterocycles. The summed E-state index contributed by atoms with van der Waals surface area (Å²) in [4.78, 5) is 16.6. The average molecular weight is 471 g/mol. The number of anilines is 2. The average Bonchev–Trinajstić information content (AvgIpc) is 3.48. The van der Waals surface area contributed by atoms with Crippen LogP contribution in [0.5, 0.6) is 5.75 Å². The zero-order valence-corrected chi connectivity index (χ0v) is 18.1. The minimum Gasteiger partial charge on any atom is -0.496 e. The van der Waals surface area contributed by atoms with Crippen LogP contribution in [0.2, 0.25) is 0 Å². The molecule has 2 aromatic heterocycles. The molecule has 12 heteroatoms. The third-order valence-electron chi connectivity index (χ3n) is 4.89. The normalized spacial score (nSPS) is 11.3. The van der Waals surface area contributed by atoms with Crippen molar-refractivity contribution < 1.29 is 22.7 Å². The number of hydrogen-bond donors (Lipinski definition) is 3. The zero-order valence-electron chi connectivity index (χ0n) is 18.1. The third-order valence-corrected chi connectivity index (χ3v) is 4.89. The van der Waals surface area contributed by atoms with Gasteiger partial charge in [-0.3, -0.25) is 9.89 Å². The van der Waals surface area contributed by atoms with E-state index in [0.29, 0.717) is 17.3 Å². The number of alkyl halides is 3. The van der Waals surface area contributed by atoms with Gasteiger partial charge in [-0.25, -0.2) is 4.68 Å². The van der Waals surface area contributed by atoms with Crippen LogP contribution in [0.1, 0.15) is 10.4 Å². The standard InChI is InChI=1S/C22H20F3N7O2/c1-32-21(29-16-6-3-13(4-7-16)15-10-27-28-11-15)30-19(31-32)14-5-8-17(18(9-14)34-2)20(33)26-12-22(23,24)25/h3-11H,12H2,1-2H3,(H,26,33)(H,27,28)(H,29,30,31). The molecule has 0 unspecified atom stereocenters. The first-order chi connectivity index (χ1) is 16.2. The predicted molar refractivity (Wildman–Crippen MR) is 119 cm³/mol. The van der Waals surface area contributed by atoms with Gasteiger partial charge in [0.25, 0.3) is 5.91 Å². The quantitative estimate of drug-likeness (QED) is 0.377. The Hall–Kier alpha value is -4.35. The number of hydrogen-bond acceptors (Lipinski definition) is 6. The van der Waals surface area contributed by atoms with Gasteiger partial charge >= 0.3 is 6.18 Å². The van der Waals surface area contributed by atoms with Crippen LogP contribution in [-0.2, 0) is 7.05 Å². The van der Waals surface area contributed by atoms with Crippen LogP contribution in [-0.4, -0.2) is 50.7 Å². The Morgan fingerprint density at radius 2 is 1.85 bits per heavy atom. The second kappa shape index (κ2) is 9.25. The minimum absolute atomic E-state index is 0.0255. The van der Waals surface area contributed by atoms with Gasteiger partial charge in [0.1, 0.15) is 12.3 Å². The first-order valence-corrected chi connectivity index (χ1v) is 10.0. The van der Waals surface area contributed by atoms with Crippen molar-refractivity contribution in [3.63, 3.8) is 0 Å². The summed E-state index contributed by atoms with van der Waals surface area (Å²) in [6.07, 6.45) is -0.975. The Balaban J connectivity index is 1.51. The Bertz CT molecular complexity index is 1280. The van der Waals surface area contributed by atoms with E-state index in [4.69, 9.17) is 4.74 Å². The van der Waals surface area contributed by atoms with E-state index in [1.54, 1.807) is 30.2 Å². The Kier molecular flexibility index (Phi) is 6.21. The van der Waals surface area contributed by atoms with Crippen LogP contribution in [0, 0.1) is 0 Å². The molecule has 3 N–H and O–H groups in total. The van der Waals surface area contributed by atoms with Crippen LogP contribution >= 0.6 is 0 Å². The van der Waals surface area contributed by atoms with E-state index in [2.05, 4.69) is 25.6 Å². The molecule has 0 spiro atoms. The van der Waals surface area contributed by atoms with Crippen LogP contribution in [0.3, 0.4) is 0 Å². The molecule has 4 aromatic rings. The van der Waals surface area contributed by atoms with Gasteiger partial charge in [0, 0.05) is 30.1 Å². The maximum absolute atomic E-state index is 12.4. The highest BCUT2D eigenvalue weighted by atomic mass is 19.4. The number of nitrogens with zero attached hydrogens (tertiary/aromatic N) is 4. The molecule has 2 heterocycles. The van der Waals surface area contributed by atoms with Crippen molar-refractivity contribution in [1.82, 2.24) is 30.3 Å². The van der Waals surface area contributed by atoms with Gasteiger partial charge in [0.15, 0.2) is 5.82 Å². The lowest BCUT2D eigenvalue weighted by molar-refractivity contribution is -0.123. The number of nitrogens with one attached hydrogen (secondary N) is 3. The topological polar surface area (TPSA) is 110 Å². The van der Waals surface area contributed by atoms with Gasteiger partial charge in [-0.05, 0) is 29.8 Å². The molecule has 4 rings (SSSR count). The molecule has 176 valence electrons. The number of carbonyl (C=O) groups excluding carboxylic acids is 1. The molecule has 0 aliphatic heterocycles. The summed E-state index contributed by atoms with van der Waals surface area (Å²) in [5, 5.41) is 16.1. The highest BCUT2D eigenvalue weighted by Gasteiger charge is 2.28. The van der Waals surface area contributed by atoms with E-state index in [1.807, 2.05) is 29.6 Å². The number of halogens is 3. The Morgan fingerprint density at radius 1 is 1.12 bits per heavy atom. The van der Waals surface area contributed by atoms with E-state index in [0.717, 1.165) is 16.8 Å². The number of rotatable bonds is 7. The van der Waals surface area contributed by atoms with Crippen molar-refractivity contribution in [1.29, 1.82) is 0 Å².